The van der Waals surface area contributed by atoms with Crippen molar-refractivity contribution < 1.29 is 4.79 Å². The van der Waals surface area contributed by atoms with Gasteiger partial charge < -0.3 is 15.5 Å². The number of carbonyl (C=O) groups excluding carboxylic acids is 1. The maximum absolute atomic E-state index is 12.4. The Bertz CT molecular complexity index is 527. The van der Waals surface area contributed by atoms with Crippen molar-refractivity contribution >= 4 is 39.6 Å². The number of nitrogens with zero attached hydrogens (tertiary/aromatic N) is 2. The number of nitrogen functional groups attached to an aromatic ring is 1. The zero-order chi connectivity index (χ0) is 15.7. The Morgan fingerprint density at radius 2 is 2.10 bits per heavy atom. The van der Waals surface area contributed by atoms with Crippen LogP contribution in [0.25, 0.3) is 0 Å². The molecule has 1 aromatic rings. The van der Waals surface area contributed by atoms with Crippen LogP contribution < -0.4 is 10.6 Å². The van der Waals surface area contributed by atoms with Gasteiger partial charge >= 0.3 is 0 Å². The minimum absolute atomic E-state index is 0.0154. The van der Waals surface area contributed by atoms with Crippen LogP contribution in [0.2, 0.25) is 0 Å². The Hall–Kier alpha value is -0.720. The quantitative estimate of drug-likeness (QED) is 0.680. The Balaban J connectivity index is 2.40. The zero-order valence-corrected chi connectivity index (χ0v) is 15.1. The van der Waals surface area contributed by atoms with E-state index in [1.54, 1.807) is 23.1 Å². The number of nitrogens with two attached hydrogens (primary N) is 1. The summed E-state index contributed by atoms with van der Waals surface area (Å²) in [7, 11) is 2.15. The molecule has 0 radical (unpaired) electrons. The number of ketones is 1. The molecule has 4 nitrogen and oxygen atoms in total. The average molecular weight is 328 g/mol. The molecule has 1 atom stereocenters. The van der Waals surface area contributed by atoms with Crippen molar-refractivity contribution in [2.24, 2.45) is 5.92 Å². The van der Waals surface area contributed by atoms with E-state index in [9.17, 15) is 4.79 Å². The third-order valence-corrected chi connectivity index (χ3v) is 6.13. The summed E-state index contributed by atoms with van der Waals surface area (Å²) in [6.07, 6.45) is 2.03. The van der Waals surface area contributed by atoms with Crippen LogP contribution in [0.3, 0.4) is 0 Å². The zero-order valence-electron chi connectivity index (χ0n) is 13.5. The van der Waals surface area contributed by atoms with Crippen LogP contribution in [0.5, 0.6) is 0 Å². The van der Waals surface area contributed by atoms with Gasteiger partial charge in [-0.1, -0.05) is 13.8 Å². The van der Waals surface area contributed by atoms with Crippen molar-refractivity contribution in [3.63, 3.8) is 0 Å². The lowest BCUT2D eigenvalue weighted by Gasteiger charge is -2.39. The van der Waals surface area contributed by atoms with Gasteiger partial charge in [-0.2, -0.15) is 0 Å². The van der Waals surface area contributed by atoms with E-state index in [4.69, 9.17) is 5.73 Å². The van der Waals surface area contributed by atoms with Crippen molar-refractivity contribution in [3.05, 3.63) is 4.88 Å². The number of Topliss-reactive ketones (excluding diaryl/α,β-unsaturated/α-hetero) is 1. The van der Waals surface area contributed by atoms with Crippen molar-refractivity contribution in [1.29, 1.82) is 0 Å². The van der Waals surface area contributed by atoms with Crippen molar-refractivity contribution in [2.45, 2.75) is 31.7 Å². The second-order valence-corrected chi connectivity index (χ2v) is 7.82. The van der Waals surface area contributed by atoms with E-state index in [1.165, 1.54) is 5.00 Å². The Morgan fingerprint density at radius 1 is 1.43 bits per heavy atom. The van der Waals surface area contributed by atoms with E-state index in [1.807, 2.05) is 20.1 Å². The molecule has 1 unspecified atom stereocenters. The average Bonchev–Trinajstić information content (AvgIpc) is 2.74. The Kier molecular flexibility index (Phi) is 5.22. The highest BCUT2D eigenvalue weighted by atomic mass is 32.2. The normalized spacial score (nSPS) is 20.3. The largest absolute Gasteiger partial charge is 0.396 e. The molecule has 0 bridgehead atoms. The Morgan fingerprint density at radius 3 is 2.62 bits per heavy atom. The number of hydrogen-bond donors (Lipinski definition) is 1. The van der Waals surface area contributed by atoms with E-state index in [2.05, 4.69) is 23.8 Å². The van der Waals surface area contributed by atoms with Gasteiger partial charge in [-0.25, -0.2) is 0 Å². The van der Waals surface area contributed by atoms with E-state index in [0.29, 0.717) is 11.7 Å². The molecule has 2 rings (SSSR count). The highest BCUT2D eigenvalue weighted by Crippen LogP contribution is 2.45. The van der Waals surface area contributed by atoms with Crippen molar-refractivity contribution in [3.8, 4) is 0 Å². The molecule has 0 aliphatic carbocycles. The summed E-state index contributed by atoms with van der Waals surface area (Å²) < 4.78 is 0. The van der Waals surface area contributed by atoms with Crippen LogP contribution in [0.15, 0.2) is 4.90 Å². The van der Waals surface area contributed by atoms with Gasteiger partial charge in [-0.05, 0) is 20.2 Å². The second-order valence-electron chi connectivity index (χ2n) is 6.01. The number of piperazine rings is 1. The second kappa shape index (κ2) is 6.58. The van der Waals surface area contributed by atoms with Crippen LogP contribution in [0.1, 0.15) is 30.4 Å². The number of rotatable bonds is 4. The summed E-state index contributed by atoms with van der Waals surface area (Å²) in [5.41, 5.74) is 6.94. The highest BCUT2D eigenvalue weighted by molar-refractivity contribution is 7.99. The summed E-state index contributed by atoms with van der Waals surface area (Å²) in [6.45, 7) is 9.17. The predicted molar refractivity (Wildman–Crippen MR) is 94.0 cm³/mol. The predicted octanol–water partition coefficient (Wildman–Crippen LogP) is 3.03. The summed E-state index contributed by atoms with van der Waals surface area (Å²) in [6, 6.07) is 0.440. The van der Waals surface area contributed by atoms with Gasteiger partial charge in [0.05, 0.1) is 15.5 Å². The maximum atomic E-state index is 12.4. The summed E-state index contributed by atoms with van der Waals surface area (Å²) >= 11 is 3.22. The molecule has 1 aromatic heterocycles. The van der Waals surface area contributed by atoms with Crippen LogP contribution in [0.4, 0.5) is 10.7 Å². The molecule has 1 aliphatic rings. The number of anilines is 2. The molecule has 118 valence electrons. The molecular weight excluding hydrogens is 302 g/mol. The molecule has 0 saturated carbocycles. The molecule has 2 heterocycles. The van der Waals surface area contributed by atoms with Crippen LogP contribution in [-0.4, -0.2) is 49.7 Å². The van der Waals surface area contributed by atoms with Crippen molar-refractivity contribution in [1.82, 2.24) is 4.90 Å². The Labute approximate surface area is 135 Å². The first kappa shape index (κ1) is 16.6. The molecule has 1 saturated heterocycles. The van der Waals surface area contributed by atoms with Gasteiger partial charge in [0.25, 0.3) is 0 Å². The van der Waals surface area contributed by atoms with Gasteiger partial charge in [0, 0.05) is 31.6 Å². The molecule has 0 aromatic carbocycles. The van der Waals surface area contributed by atoms with Crippen LogP contribution in [-0.2, 0) is 0 Å². The van der Waals surface area contributed by atoms with Gasteiger partial charge in [-0.3, -0.25) is 4.79 Å². The number of hydrogen-bond acceptors (Lipinski definition) is 6. The van der Waals surface area contributed by atoms with E-state index in [-0.39, 0.29) is 11.7 Å². The molecule has 1 aliphatic heterocycles. The fraction of sp³-hybridized carbons (Fsp3) is 0.667. The minimum Gasteiger partial charge on any atom is -0.396 e. The maximum Gasteiger partial charge on any atom is 0.177 e. The lowest BCUT2D eigenvalue weighted by molar-refractivity contribution is 0.0944. The van der Waals surface area contributed by atoms with Crippen LogP contribution in [0, 0.1) is 5.92 Å². The molecule has 0 amide bonds. The first-order chi connectivity index (χ1) is 9.86. The molecule has 0 spiro atoms. The van der Waals surface area contributed by atoms with Crippen molar-refractivity contribution in [2.75, 3.05) is 43.6 Å². The first-order valence-corrected chi connectivity index (χ1v) is 9.36. The summed E-state index contributed by atoms with van der Waals surface area (Å²) in [5, 5.41) is 1.17. The van der Waals surface area contributed by atoms with Gasteiger partial charge in [0.1, 0.15) is 5.00 Å². The molecular formula is C15H25N3OS2. The lowest BCUT2D eigenvalue weighted by Crippen LogP contribution is -2.50. The highest BCUT2D eigenvalue weighted by Gasteiger charge is 2.29. The molecule has 6 heteroatoms. The SMILES string of the molecule is CSc1c(N2CCN(C)CC2C)sc(C(=O)C(C)C)c1N. The van der Waals surface area contributed by atoms with E-state index in [0.717, 1.165) is 29.4 Å². The third-order valence-electron chi connectivity index (χ3n) is 3.93. The first-order valence-electron chi connectivity index (χ1n) is 7.32. The smallest absolute Gasteiger partial charge is 0.177 e. The van der Waals surface area contributed by atoms with Gasteiger partial charge in [0.2, 0.25) is 0 Å². The number of likely N-dealkylation sites (N-methyl/N-ethyl adjacent to an activating group) is 1. The molecule has 2 N–H and O–H groups in total. The summed E-state index contributed by atoms with van der Waals surface area (Å²) in [4.78, 5) is 18.9. The topological polar surface area (TPSA) is 49.6 Å². The third kappa shape index (κ3) is 3.22. The van der Waals surface area contributed by atoms with E-state index >= 15 is 0 Å². The van der Waals surface area contributed by atoms with E-state index < -0.39 is 0 Å². The molecule has 21 heavy (non-hydrogen) atoms. The lowest BCUT2D eigenvalue weighted by atomic mass is 10.1. The minimum atomic E-state index is -0.0154. The number of thiophene rings is 1. The fourth-order valence-corrected chi connectivity index (χ4v) is 5.08. The fourth-order valence-electron chi connectivity index (χ4n) is 2.69. The van der Waals surface area contributed by atoms with Gasteiger partial charge in [-0.15, -0.1) is 23.1 Å². The summed E-state index contributed by atoms with van der Waals surface area (Å²) in [5.74, 6) is 0.138. The van der Waals surface area contributed by atoms with Gasteiger partial charge in [0.15, 0.2) is 5.78 Å². The monoisotopic (exact) mass is 327 g/mol. The standard InChI is InChI=1S/C15H25N3OS2/c1-9(2)12(19)13-11(16)14(20-5)15(21-13)18-7-6-17(4)8-10(18)3/h9-10H,6-8,16H2,1-5H3. The van der Waals surface area contributed by atoms with Crippen LogP contribution >= 0.6 is 23.1 Å². The number of carbonyl (C=O) groups is 1. The molecule has 1 fully saturated rings. The number of thioether (sulfide) groups is 1.